The van der Waals surface area contributed by atoms with Crippen molar-refractivity contribution in [2.45, 2.75) is 24.6 Å². The van der Waals surface area contributed by atoms with Gasteiger partial charge in [-0.25, -0.2) is 9.59 Å². The van der Waals surface area contributed by atoms with Crippen LogP contribution in [-0.2, 0) is 28.5 Å². The highest BCUT2D eigenvalue weighted by molar-refractivity contribution is 6.31. The largest absolute Gasteiger partial charge is 0.494 e. The lowest BCUT2D eigenvalue weighted by Gasteiger charge is -2.43. The van der Waals surface area contributed by atoms with Crippen molar-refractivity contribution in [1.82, 2.24) is 4.90 Å². The van der Waals surface area contributed by atoms with E-state index in [4.69, 9.17) is 35.3 Å². The van der Waals surface area contributed by atoms with E-state index >= 15 is 0 Å². The van der Waals surface area contributed by atoms with E-state index in [0.717, 1.165) is 13.0 Å². The molecule has 3 aliphatic rings. The smallest absolute Gasteiger partial charge is 0.422 e. The van der Waals surface area contributed by atoms with Crippen molar-refractivity contribution in [2.75, 3.05) is 33.4 Å². The number of halogens is 1. The second kappa shape index (κ2) is 6.94. The molecule has 8 nitrogen and oxygen atoms in total. The lowest BCUT2D eigenvalue weighted by Crippen LogP contribution is -2.55. The summed E-state index contributed by atoms with van der Waals surface area (Å²) in [5.41, 5.74) is 0. The predicted octanol–water partition coefficient (Wildman–Crippen LogP) is 1.56. The van der Waals surface area contributed by atoms with E-state index in [1.165, 1.54) is 0 Å². The summed E-state index contributed by atoms with van der Waals surface area (Å²) in [6.07, 6.45) is 1.45. The Morgan fingerprint density at radius 2 is 2.07 bits per heavy atom. The molecule has 1 aromatic carbocycles. The van der Waals surface area contributed by atoms with Crippen LogP contribution < -0.4 is 4.74 Å². The van der Waals surface area contributed by atoms with E-state index < -0.39 is 23.7 Å². The molecule has 0 bridgehead atoms. The molecule has 146 valence electrons. The van der Waals surface area contributed by atoms with Gasteiger partial charge in [-0.1, -0.05) is 17.7 Å². The van der Waals surface area contributed by atoms with Gasteiger partial charge in [0.15, 0.2) is 12.4 Å². The third-order valence-corrected chi connectivity index (χ3v) is 5.22. The maximum atomic E-state index is 11.4. The molecule has 2 atom stereocenters. The first-order valence-corrected chi connectivity index (χ1v) is 9.15. The average Bonchev–Trinajstić information content (AvgIpc) is 3.09. The fraction of sp³-hybridized carbons (Fsp3) is 0.556. The number of likely N-dealkylation sites (tertiary alicyclic amines) is 1. The molecule has 4 rings (SSSR count). The van der Waals surface area contributed by atoms with Crippen LogP contribution in [0.15, 0.2) is 24.3 Å². The summed E-state index contributed by atoms with van der Waals surface area (Å²) in [4.78, 5) is 24.9. The van der Waals surface area contributed by atoms with Crippen LogP contribution in [0.3, 0.4) is 0 Å². The van der Waals surface area contributed by atoms with Gasteiger partial charge in [0.05, 0.1) is 13.2 Å². The highest BCUT2D eigenvalue weighted by atomic mass is 35.5. The maximum absolute atomic E-state index is 11.4. The van der Waals surface area contributed by atoms with E-state index in [-0.39, 0.29) is 12.5 Å². The molecular weight excluding hydrogens is 378 g/mol. The monoisotopic (exact) mass is 397 g/mol. The number of piperidine rings is 1. The number of rotatable bonds is 4. The Balaban J connectivity index is 1.43. The third-order valence-electron chi connectivity index (χ3n) is 4.99. The van der Waals surface area contributed by atoms with Crippen molar-refractivity contribution in [1.29, 1.82) is 0 Å². The van der Waals surface area contributed by atoms with Gasteiger partial charge < -0.3 is 23.8 Å². The normalized spacial score (nSPS) is 29.9. The number of likely N-dealkylation sites (N-methyl/N-ethyl adjacent to an activating group) is 1. The molecule has 0 N–H and O–H groups in total. The average molecular weight is 398 g/mol. The number of benzene rings is 1. The molecule has 27 heavy (non-hydrogen) atoms. The summed E-state index contributed by atoms with van der Waals surface area (Å²) in [6.45, 7) is 1.62. The van der Waals surface area contributed by atoms with Crippen molar-refractivity contribution in [3.63, 3.8) is 0 Å². The number of hydrogen-bond acceptors (Lipinski definition) is 8. The summed E-state index contributed by atoms with van der Waals surface area (Å²) in [5, 5.41) is 0.609. The third kappa shape index (κ3) is 3.62. The van der Waals surface area contributed by atoms with Gasteiger partial charge in [0.1, 0.15) is 5.75 Å². The van der Waals surface area contributed by atoms with Crippen molar-refractivity contribution >= 4 is 23.5 Å². The van der Waals surface area contributed by atoms with Gasteiger partial charge >= 0.3 is 17.9 Å². The Bertz CT molecular complexity index is 741. The first-order valence-electron chi connectivity index (χ1n) is 8.77. The zero-order chi connectivity index (χ0) is 19.1. The van der Waals surface area contributed by atoms with Crippen molar-refractivity contribution in [3.05, 3.63) is 29.3 Å². The number of hydrogen-bond donors (Lipinski definition) is 0. The molecule has 9 heteroatoms. The molecule has 0 aromatic heterocycles. The van der Waals surface area contributed by atoms with Crippen molar-refractivity contribution in [3.8, 4) is 5.75 Å². The van der Waals surface area contributed by atoms with Crippen LogP contribution in [0.1, 0.15) is 12.8 Å². The van der Waals surface area contributed by atoms with Gasteiger partial charge in [-0.3, -0.25) is 4.74 Å². The van der Waals surface area contributed by atoms with Crippen LogP contribution in [0.25, 0.3) is 0 Å². The lowest BCUT2D eigenvalue weighted by molar-refractivity contribution is -0.342. The van der Waals surface area contributed by atoms with Crippen LogP contribution in [0, 0.1) is 5.92 Å². The lowest BCUT2D eigenvalue weighted by atomic mass is 9.88. The minimum Gasteiger partial charge on any atom is -0.494 e. The van der Waals surface area contributed by atoms with E-state index in [1.54, 1.807) is 12.1 Å². The summed E-state index contributed by atoms with van der Waals surface area (Å²) in [5.74, 6) is -4.28. The molecule has 0 saturated carbocycles. The molecule has 2 unspecified atom stereocenters. The predicted molar refractivity (Wildman–Crippen MR) is 91.9 cm³/mol. The molecule has 0 aliphatic carbocycles. The minimum atomic E-state index is -1.78. The van der Waals surface area contributed by atoms with E-state index in [1.807, 2.05) is 19.2 Å². The maximum Gasteiger partial charge on any atom is 0.422 e. The van der Waals surface area contributed by atoms with Crippen LogP contribution in [0.5, 0.6) is 5.75 Å². The van der Waals surface area contributed by atoms with Crippen molar-refractivity contribution in [2.24, 2.45) is 5.92 Å². The number of nitrogens with zero attached hydrogens (tertiary/aromatic N) is 1. The highest BCUT2D eigenvalue weighted by Crippen LogP contribution is 2.45. The molecule has 3 saturated heterocycles. The molecule has 1 aromatic rings. The molecule has 3 aliphatic heterocycles. The number of esters is 2. The molecule has 0 amide bonds. The Morgan fingerprint density at radius 3 is 2.81 bits per heavy atom. The zero-order valence-electron chi connectivity index (χ0n) is 14.8. The fourth-order valence-corrected chi connectivity index (χ4v) is 3.90. The molecule has 0 radical (unpaired) electrons. The van der Waals surface area contributed by atoms with Crippen LogP contribution in [0.2, 0.25) is 5.02 Å². The van der Waals surface area contributed by atoms with Crippen LogP contribution in [-0.4, -0.2) is 61.9 Å². The molecular formula is C18H20ClNO7. The second-order valence-electron chi connectivity index (χ2n) is 6.98. The Labute approximate surface area is 161 Å². The van der Waals surface area contributed by atoms with Gasteiger partial charge in [-0.2, -0.15) is 0 Å². The van der Waals surface area contributed by atoms with E-state index in [0.29, 0.717) is 30.3 Å². The number of carbonyl (C=O) groups excluding carboxylic acids is 2. The Hall–Kier alpha value is -1.87. The Kier molecular flexibility index (Phi) is 4.75. The van der Waals surface area contributed by atoms with Crippen LogP contribution >= 0.6 is 11.6 Å². The highest BCUT2D eigenvalue weighted by Gasteiger charge is 2.64. The fourth-order valence-electron chi connectivity index (χ4n) is 3.72. The van der Waals surface area contributed by atoms with Gasteiger partial charge in [0, 0.05) is 10.9 Å². The zero-order valence-corrected chi connectivity index (χ0v) is 15.6. The summed E-state index contributed by atoms with van der Waals surface area (Å²) >= 11 is 5.97. The number of carbonyl (C=O) groups is 2. The quantitative estimate of drug-likeness (QED) is 0.559. The van der Waals surface area contributed by atoms with E-state index in [9.17, 15) is 9.59 Å². The molecule has 3 fully saturated rings. The standard InChI is InChI=1S/C18H20ClNO7/c1-20-7-5-12(6-8-23-14-4-2-3-13(19)9-14)17(10-20)24-11-18(27-17)25-15(21)16(22)26-18/h2-4,9,12H,5-8,10-11H2,1H3. The van der Waals surface area contributed by atoms with Gasteiger partial charge in [0.25, 0.3) is 0 Å². The van der Waals surface area contributed by atoms with Crippen LogP contribution in [0.4, 0.5) is 0 Å². The van der Waals surface area contributed by atoms with Gasteiger partial charge in [0.2, 0.25) is 0 Å². The first-order chi connectivity index (χ1) is 12.9. The second-order valence-corrected chi connectivity index (χ2v) is 7.42. The summed E-state index contributed by atoms with van der Waals surface area (Å²) in [7, 11) is 1.95. The SMILES string of the molecule is CN1CCC(CCOc2cccc(Cl)c2)C2(C1)OCC1(OC(=O)C(=O)O1)O2. The number of ether oxygens (including phenoxy) is 5. The minimum absolute atomic E-state index is 0.0229. The summed E-state index contributed by atoms with van der Waals surface area (Å²) < 4.78 is 27.7. The summed E-state index contributed by atoms with van der Waals surface area (Å²) in [6, 6.07) is 7.20. The van der Waals surface area contributed by atoms with Crippen molar-refractivity contribution < 1.29 is 33.3 Å². The molecule has 2 spiro atoms. The van der Waals surface area contributed by atoms with E-state index in [2.05, 4.69) is 4.90 Å². The van der Waals surface area contributed by atoms with Gasteiger partial charge in [-0.15, -0.1) is 0 Å². The molecule has 3 heterocycles. The topological polar surface area (TPSA) is 83.5 Å². The Morgan fingerprint density at radius 1 is 1.30 bits per heavy atom. The van der Waals surface area contributed by atoms with Gasteiger partial charge in [-0.05, 0) is 44.6 Å². The first kappa shape index (κ1) is 18.5.